The molecule has 2 fully saturated rings. The Hall–Kier alpha value is -2.47. The number of carbonyl (C=O) groups is 3. The van der Waals surface area contributed by atoms with E-state index in [1.54, 1.807) is 48.5 Å². The highest BCUT2D eigenvalue weighted by Crippen LogP contribution is 2.44. The van der Waals surface area contributed by atoms with Crippen LogP contribution in [0.25, 0.3) is 0 Å². The Morgan fingerprint density at radius 3 is 2.43 bits per heavy atom. The summed E-state index contributed by atoms with van der Waals surface area (Å²) in [5, 5.41) is 0. The third kappa shape index (κ3) is 3.37. The van der Waals surface area contributed by atoms with Gasteiger partial charge in [0.05, 0.1) is 23.1 Å². The number of benzene rings is 2. The Labute approximate surface area is 171 Å². The maximum Gasteiger partial charge on any atom is 0.343 e. The molecule has 0 radical (unpaired) electrons. The molecule has 2 amide bonds. The van der Waals surface area contributed by atoms with Crippen molar-refractivity contribution in [2.45, 2.75) is 26.2 Å². The number of rotatable bonds is 3. The lowest BCUT2D eigenvalue weighted by Gasteiger charge is -2.25. The zero-order valence-electron chi connectivity index (χ0n) is 15.4. The van der Waals surface area contributed by atoms with Gasteiger partial charge in [0.15, 0.2) is 5.75 Å². The fourth-order valence-corrected chi connectivity index (χ4v) is 4.36. The lowest BCUT2D eigenvalue weighted by atomic mass is 9.76. The summed E-state index contributed by atoms with van der Waals surface area (Å²) in [5.74, 6) is -0.800. The van der Waals surface area contributed by atoms with Crippen LogP contribution < -0.4 is 9.64 Å². The number of hydrogen-bond acceptors (Lipinski definition) is 4. The van der Waals surface area contributed by atoms with Crippen molar-refractivity contribution < 1.29 is 19.1 Å². The maximum absolute atomic E-state index is 13.0. The molecule has 144 valence electrons. The molecule has 3 atom stereocenters. The molecule has 2 aromatic carbocycles. The third-order valence-corrected chi connectivity index (χ3v) is 6.11. The molecule has 28 heavy (non-hydrogen) atoms. The van der Waals surface area contributed by atoms with Gasteiger partial charge in [0.25, 0.3) is 0 Å². The van der Waals surface area contributed by atoms with Crippen LogP contribution in [0.1, 0.15) is 36.5 Å². The van der Waals surface area contributed by atoms with Crippen LogP contribution in [0.3, 0.4) is 0 Å². The van der Waals surface area contributed by atoms with Crippen molar-refractivity contribution in [3.63, 3.8) is 0 Å². The van der Waals surface area contributed by atoms with Crippen molar-refractivity contribution in [2.24, 2.45) is 17.8 Å². The molecular formula is C22H20BrNO4. The lowest BCUT2D eigenvalue weighted by molar-refractivity contribution is -0.122. The normalized spacial score (nSPS) is 24.2. The van der Waals surface area contributed by atoms with E-state index in [-0.39, 0.29) is 29.4 Å². The number of esters is 1. The topological polar surface area (TPSA) is 63.7 Å². The third-order valence-electron chi connectivity index (χ3n) is 5.58. The summed E-state index contributed by atoms with van der Waals surface area (Å²) in [7, 11) is 0. The van der Waals surface area contributed by atoms with Crippen molar-refractivity contribution in [1.82, 2.24) is 0 Å². The number of anilines is 1. The summed E-state index contributed by atoms with van der Waals surface area (Å²) in [5.41, 5.74) is 0.726. The van der Waals surface area contributed by atoms with E-state index >= 15 is 0 Å². The Morgan fingerprint density at radius 2 is 1.68 bits per heavy atom. The predicted octanol–water partition coefficient (Wildman–Crippen LogP) is 4.59. The van der Waals surface area contributed by atoms with E-state index in [2.05, 4.69) is 22.9 Å². The first-order valence-electron chi connectivity index (χ1n) is 9.40. The van der Waals surface area contributed by atoms with E-state index < -0.39 is 5.97 Å². The van der Waals surface area contributed by atoms with Crippen LogP contribution in [-0.4, -0.2) is 17.8 Å². The SMILES string of the molecule is C[C@@H]1CC[C@@H]2C(=O)N(c3ccccc3OC(=O)c3ccc(Br)cc3)C(=O)[C@H]2C1. The minimum Gasteiger partial charge on any atom is -0.421 e. The van der Waals surface area contributed by atoms with Crippen molar-refractivity contribution in [1.29, 1.82) is 0 Å². The standard InChI is InChI=1S/C22H20BrNO4/c1-13-6-11-16-17(12-13)21(26)24(20(16)25)18-4-2-3-5-19(18)28-22(27)14-7-9-15(23)10-8-14/h2-5,7-10,13,16-17H,6,11-12H2,1H3/t13-,16+,17+/m1/s1. The van der Waals surface area contributed by atoms with Crippen LogP contribution in [0.4, 0.5) is 5.69 Å². The monoisotopic (exact) mass is 441 g/mol. The summed E-state index contributed by atoms with van der Waals surface area (Å²) in [6.45, 7) is 2.12. The molecule has 0 bridgehead atoms. The molecule has 0 spiro atoms. The lowest BCUT2D eigenvalue weighted by Crippen LogP contribution is -2.31. The average Bonchev–Trinajstić information content (AvgIpc) is 2.93. The Balaban J connectivity index is 1.63. The molecule has 0 unspecified atom stereocenters. The molecule has 4 rings (SSSR count). The molecule has 2 aliphatic rings. The van der Waals surface area contributed by atoms with Gasteiger partial charge in [0, 0.05) is 4.47 Å². The van der Waals surface area contributed by atoms with Crippen LogP contribution in [0.2, 0.25) is 0 Å². The second kappa shape index (κ2) is 7.51. The van der Waals surface area contributed by atoms with Gasteiger partial charge in [-0.1, -0.05) is 35.0 Å². The minimum absolute atomic E-state index is 0.186. The van der Waals surface area contributed by atoms with Gasteiger partial charge in [-0.05, 0) is 61.6 Å². The van der Waals surface area contributed by atoms with E-state index in [1.807, 2.05) is 0 Å². The number of para-hydroxylation sites is 2. The number of carbonyl (C=O) groups excluding carboxylic acids is 3. The Kier molecular flexibility index (Phi) is 5.06. The summed E-state index contributed by atoms with van der Waals surface area (Å²) in [6.07, 6.45) is 2.41. The van der Waals surface area contributed by atoms with E-state index in [4.69, 9.17) is 4.74 Å². The molecule has 1 saturated heterocycles. The summed E-state index contributed by atoms with van der Waals surface area (Å²) >= 11 is 3.33. The first kappa shape index (κ1) is 18.9. The molecular weight excluding hydrogens is 422 g/mol. The predicted molar refractivity (Wildman–Crippen MR) is 108 cm³/mol. The number of amides is 2. The average molecular weight is 442 g/mol. The first-order chi connectivity index (χ1) is 13.5. The van der Waals surface area contributed by atoms with Gasteiger partial charge < -0.3 is 4.74 Å². The fraction of sp³-hybridized carbons (Fsp3) is 0.318. The number of nitrogens with zero attached hydrogens (tertiary/aromatic N) is 1. The zero-order chi connectivity index (χ0) is 19.8. The van der Waals surface area contributed by atoms with Gasteiger partial charge in [-0.25, -0.2) is 9.69 Å². The Bertz CT molecular complexity index is 940. The molecule has 1 aliphatic carbocycles. The fourth-order valence-electron chi connectivity index (χ4n) is 4.10. The summed E-state index contributed by atoms with van der Waals surface area (Å²) < 4.78 is 6.41. The van der Waals surface area contributed by atoms with E-state index in [0.29, 0.717) is 17.2 Å². The molecule has 1 saturated carbocycles. The summed E-state index contributed by atoms with van der Waals surface area (Å²) in [6, 6.07) is 13.5. The number of ether oxygens (including phenoxy) is 1. The second-order valence-corrected chi connectivity index (χ2v) is 8.42. The number of fused-ring (bicyclic) bond motifs is 1. The first-order valence-corrected chi connectivity index (χ1v) is 10.2. The van der Waals surface area contributed by atoms with Crippen LogP contribution in [0.15, 0.2) is 53.0 Å². The van der Waals surface area contributed by atoms with Gasteiger partial charge in [-0.15, -0.1) is 0 Å². The number of halogens is 1. The van der Waals surface area contributed by atoms with Crippen molar-refractivity contribution in [3.8, 4) is 5.75 Å². The molecule has 0 aromatic heterocycles. The van der Waals surface area contributed by atoms with Crippen molar-refractivity contribution in [3.05, 3.63) is 58.6 Å². The molecule has 6 heteroatoms. The van der Waals surface area contributed by atoms with Crippen LogP contribution in [-0.2, 0) is 9.59 Å². The highest BCUT2D eigenvalue weighted by Gasteiger charge is 2.50. The van der Waals surface area contributed by atoms with Crippen molar-refractivity contribution in [2.75, 3.05) is 4.90 Å². The highest BCUT2D eigenvalue weighted by atomic mass is 79.9. The van der Waals surface area contributed by atoms with Crippen LogP contribution in [0.5, 0.6) is 5.75 Å². The van der Waals surface area contributed by atoms with Gasteiger partial charge in [-0.3, -0.25) is 9.59 Å². The quantitative estimate of drug-likeness (QED) is 0.396. The van der Waals surface area contributed by atoms with Gasteiger partial charge in [0.1, 0.15) is 0 Å². The maximum atomic E-state index is 13.0. The van der Waals surface area contributed by atoms with Gasteiger partial charge in [-0.2, -0.15) is 0 Å². The van der Waals surface area contributed by atoms with E-state index in [9.17, 15) is 14.4 Å². The highest BCUT2D eigenvalue weighted by molar-refractivity contribution is 9.10. The van der Waals surface area contributed by atoms with Gasteiger partial charge in [0.2, 0.25) is 11.8 Å². The summed E-state index contributed by atoms with van der Waals surface area (Å²) in [4.78, 5) is 39.7. The molecule has 1 aliphatic heterocycles. The Morgan fingerprint density at radius 1 is 1.00 bits per heavy atom. The van der Waals surface area contributed by atoms with Crippen LogP contribution in [0, 0.1) is 17.8 Å². The van der Waals surface area contributed by atoms with E-state index in [0.717, 1.165) is 23.7 Å². The van der Waals surface area contributed by atoms with Crippen molar-refractivity contribution >= 4 is 39.4 Å². The molecule has 0 N–H and O–H groups in total. The zero-order valence-corrected chi connectivity index (χ0v) is 17.0. The molecule has 1 heterocycles. The molecule has 5 nitrogen and oxygen atoms in total. The van der Waals surface area contributed by atoms with Crippen LogP contribution >= 0.6 is 15.9 Å². The second-order valence-electron chi connectivity index (χ2n) is 7.51. The number of imide groups is 1. The molecule has 2 aromatic rings. The smallest absolute Gasteiger partial charge is 0.343 e. The van der Waals surface area contributed by atoms with Gasteiger partial charge >= 0.3 is 5.97 Å². The number of hydrogen-bond donors (Lipinski definition) is 0. The minimum atomic E-state index is -0.537. The largest absolute Gasteiger partial charge is 0.421 e. The van der Waals surface area contributed by atoms with E-state index in [1.165, 1.54) is 4.90 Å².